The second kappa shape index (κ2) is 8.84. The van der Waals surface area contributed by atoms with Gasteiger partial charge in [0.05, 0.1) is 17.3 Å². The molecule has 32 heavy (non-hydrogen) atoms. The summed E-state index contributed by atoms with van der Waals surface area (Å²) in [6.07, 6.45) is -0.652. The zero-order valence-corrected chi connectivity index (χ0v) is 19.1. The average molecular weight is 446 g/mol. The maximum Gasteiger partial charge on any atom is 0.494 e. The van der Waals surface area contributed by atoms with E-state index in [4.69, 9.17) is 9.31 Å². The van der Waals surface area contributed by atoms with E-state index < -0.39 is 48.4 Å². The lowest BCUT2D eigenvalue weighted by Gasteiger charge is -2.32. The van der Waals surface area contributed by atoms with Crippen LogP contribution < -0.4 is 10.8 Å². The van der Waals surface area contributed by atoms with Gasteiger partial charge in [-0.05, 0) is 38.7 Å². The lowest BCUT2D eigenvalue weighted by Crippen LogP contribution is -2.51. The maximum atomic E-state index is 12.6. The third-order valence-electron chi connectivity index (χ3n) is 6.55. The number of carbonyl (C=O) groups excluding carboxylic acids is 2. The van der Waals surface area contributed by atoms with Crippen LogP contribution in [0.1, 0.15) is 46.6 Å². The third kappa shape index (κ3) is 4.97. The van der Waals surface area contributed by atoms with Crippen molar-refractivity contribution >= 4 is 30.4 Å². The van der Waals surface area contributed by atoms with Crippen LogP contribution in [0.2, 0.25) is 0 Å². The first kappa shape index (κ1) is 24.2. The van der Waals surface area contributed by atoms with E-state index in [-0.39, 0.29) is 25.3 Å². The monoisotopic (exact) mass is 446 g/mol. The molecule has 0 aliphatic carbocycles. The van der Waals surface area contributed by atoms with Crippen LogP contribution >= 0.6 is 0 Å². The van der Waals surface area contributed by atoms with Gasteiger partial charge in [0, 0.05) is 26.3 Å². The minimum atomic E-state index is -1.18. The molecule has 10 heteroatoms. The minimum absolute atomic E-state index is 0.0611. The SMILES string of the molecule is CC(=O)N1C[C@H](O)C[C@H]1C(=O)N[C@H](Cc1ccc(B2OC(C)(C)C(C)(C)O2)cc1)C(=O)O. The van der Waals surface area contributed by atoms with Crippen molar-refractivity contribution in [1.29, 1.82) is 0 Å². The highest BCUT2D eigenvalue weighted by atomic mass is 16.7. The van der Waals surface area contributed by atoms with Gasteiger partial charge in [-0.3, -0.25) is 9.59 Å². The van der Waals surface area contributed by atoms with E-state index in [1.54, 1.807) is 12.1 Å². The first-order chi connectivity index (χ1) is 14.8. The molecule has 3 rings (SSSR count). The molecular formula is C22H31BN2O7. The number of nitrogens with zero attached hydrogens (tertiary/aromatic N) is 1. The number of rotatable bonds is 6. The Balaban J connectivity index is 1.66. The predicted molar refractivity (Wildman–Crippen MR) is 117 cm³/mol. The molecule has 0 spiro atoms. The highest BCUT2D eigenvalue weighted by Crippen LogP contribution is 2.36. The molecule has 0 radical (unpaired) electrons. The van der Waals surface area contributed by atoms with Crippen molar-refractivity contribution in [3.63, 3.8) is 0 Å². The smallest absolute Gasteiger partial charge is 0.480 e. The topological polar surface area (TPSA) is 125 Å². The summed E-state index contributed by atoms with van der Waals surface area (Å²) in [7, 11) is -0.518. The summed E-state index contributed by atoms with van der Waals surface area (Å²) in [5.74, 6) is -2.11. The second-order valence-electron chi connectivity index (χ2n) is 9.51. The number of carboxylic acids is 1. The second-order valence-corrected chi connectivity index (χ2v) is 9.51. The molecule has 2 aliphatic rings. The number of aliphatic carboxylic acids is 1. The fourth-order valence-corrected chi connectivity index (χ4v) is 3.90. The van der Waals surface area contributed by atoms with Crippen molar-refractivity contribution in [3.8, 4) is 0 Å². The van der Waals surface area contributed by atoms with Gasteiger partial charge in [0.15, 0.2) is 0 Å². The molecule has 0 unspecified atom stereocenters. The Morgan fingerprint density at radius 2 is 1.72 bits per heavy atom. The van der Waals surface area contributed by atoms with E-state index in [0.29, 0.717) is 5.56 Å². The Kier molecular flexibility index (Phi) is 6.69. The first-order valence-corrected chi connectivity index (χ1v) is 10.7. The quantitative estimate of drug-likeness (QED) is 0.529. The number of amides is 2. The van der Waals surface area contributed by atoms with Crippen molar-refractivity contribution in [2.24, 2.45) is 0 Å². The Morgan fingerprint density at radius 3 is 2.22 bits per heavy atom. The Bertz CT molecular complexity index is 871. The van der Waals surface area contributed by atoms with Crippen LogP contribution in [0.15, 0.2) is 24.3 Å². The maximum absolute atomic E-state index is 12.6. The minimum Gasteiger partial charge on any atom is -0.480 e. The van der Waals surface area contributed by atoms with Crippen LogP contribution in [0.5, 0.6) is 0 Å². The summed E-state index contributed by atoms with van der Waals surface area (Å²) in [4.78, 5) is 37.4. The molecule has 2 saturated heterocycles. The summed E-state index contributed by atoms with van der Waals surface area (Å²) in [5, 5.41) is 21.9. The fourth-order valence-electron chi connectivity index (χ4n) is 3.90. The van der Waals surface area contributed by atoms with Gasteiger partial charge in [-0.15, -0.1) is 0 Å². The molecule has 2 amide bonds. The summed E-state index contributed by atoms with van der Waals surface area (Å²) in [5.41, 5.74) is 0.612. The summed E-state index contributed by atoms with van der Waals surface area (Å²) in [6, 6.07) is 5.16. The summed E-state index contributed by atoms with van der Waals surface area (Å²) >= 11 is 0. The van der Waals surface area contributed by atoms with Crippen LogP contribution in [0.25, 0.3) is 0 Å². The molecule has 2 heterocycles. The number of aliphatic hydroxyl groups excluding tert-OH is 1. The molecule has 1 aromatic carbocycles. The van der Waals surface area contributed by atoms with Crippen molar-refractivity contribution in [3.05, 3.63) is 29.8 Å². The summed E-state index contributed by atoms with van der Waals surface area (Å²) < 4.78 is 12.1. The van der Waals surface area contributed by atoms with E-state index in [1.807, 2.05) is 39.8 Å². The number of aliphatic hydroxyl groups is 1. The van der Waals surface area contributed by atoms with E-state index in [9.17, 15) is 24.6 Å². The standard InChI is InChI=1S/C22H31BN2O7/c1-13(26)25-12-16(27)11-18(25)19(28)24-17(20(29)30)10-14-6-8-15(9-7-14)23-31-21(2,3)22(4,5)32-23/h6-9,16-18,27H,10-12H2,1-5H3,(H,24,28)(H,29,30)/t16-,17-,18+/m1/s1. The average Bonchev–Trinajstić information content (AvgIpc) is 3.18. The number of β-amino-alcohol motifs (C(OH)–C–C–N with tert-alkyl or cyclic N) is 1. The van der Waals surface area contributed by atoms with Crippen molar-refractivity contribution in [2.75, 3.05) is 6.54 Å². The van der Waals surface area contributed by atoms with Gasteiger partial charge < -0.3 is 29.7 Å². The molecule has 3 atom stereocenters. The lowest BCUT2D eigenvalue weighted by atomic mass is 9.78. The zero-order chi connectivity index (χ0) is 23.8. The van der Waals surface area contributed by atoms with Crippen LogP contribution in [-0.4, -0.2) is 75.9 Å². The Morgan fingerprint density at radius 1 is 1.16 bits per heavy atom. The van der Waals surface area contributed by atoms with E-state index >= 15 is 0 Å². The molecule has 0 aromatic heterocycles. The summed E-state index contributed by atoms with van der Waals surface area (Å²) in [6.45, 7) is 9.26. The number of likely N-dealkylation sites (tertiary alicyclic amines) is 1. The lowest BCUT2D eigenvalue weighted by molar-refractivity contribution is -0.143. The van der Waals surface area contributed by atoms with E-state index in [2.05, 4.69) is 5.32 Å². The number of benzene rings is 1. The number of nitrogens with one attached hydrogen (secondary N) is 1. The van der Waals surface area contributed by atoms with Gasteiger partial charge in [0.25, 0.3) is 0 Å². The molecule has 174 valence electrons. The van der Waals surface area contributed by atoms with Crippen LogP contribution in [0.3, 0.4) is 0 Å². The highest BCUT2D eigenvalue weighted by molar-refractivity contribution is 6.62. The molecule has 2 fully saturated rings. The Hall–Kier alpha value is -2.43. The first-order valence-electron chi connectivity index (χ1n) is 10.7. The highest BCUT2D eigenvalue weighted by Gasteiger charge is 2.51. The van der Waals surface area contributed by atoms with Crippen molar-refractivity contribution in [2.45, 2.75) is 76.9 Å². The Labute approximate surface area is 188 Å². The van der Waals surface area contributed by atoms with Gasteiger partial charge >= 0.3 is 13.1 Å². The molecule has 1 aromatic rings. The number of carboxylic acid groups (broad SMARTS) is 1. The molecule has 0 saturated carbocycles. The van der Waals surface area contributed by atoms with Gasteiger partial charge in [0.1, 0.15) is 12.1 Å². The van der Waals surface area contributed by atoms with Crippen LogP contribution in [0, 0.1) is 0 Å². The van der Waals surface area contributed by atoms with Crippen molar-refractivity contribution in [1.82, 2.24) is 10.2 Å². The molecule has 3 N–H and O–H groups in total. The molecule has 2 aliphatic heterocycles. The molecule has 9 nitrogen and oxygen atoms in total. The zero-order valence-electron chi connectivity index (χ0n) is 19.1. The number of carbonyl (C=O) groups is 3. The largest absolute Gasteiger partial charge is 0.494 e. The number of hydrogen-bond acceptors (Lipinski definition) is 6. The van der Waals surface area contributed by atoms with Crippen LogP contribution in [0.4, 0.5) is 0 Å². The van der Waals surface area contributed by atoms with Gasteiger partial charge in [-0.25, -0.2) is 4.79 Å². The molecular weight excluding hydrogens is 415 g/mol. The van der Waals surface area contributed by atoms with E-state index in [1.165, 1.54) is 11.8 Å². The van der Waals surface area contributed by atoms with E-state index in [0.717, 1.165) is 5.46 Å². The van der Waals surface area contributed by atoms with Gasteiger partial charge in [-0.1, -0.05) is 24.3 Å². The number of hydrogen-bond donors (Lipinski definition) is 3. The van der Waals surface area contributed by atoms with Gasteiger partial charge in [-0.2, -0.15) is 0 Å². The van der Waals surface area contributed by atoms with Crippen LogP contribution in [-0.2, 0) is 30.1 Å². The normalized spacial score (nSPS) is 24.9. The van der Waals surface area contributed by atoms with Gasteiger partial charge in [0.2, 0.25) is 11.8 Å². The third-order valence-corrected chi connectivity index (χ3v) is 6.55. The predicted octanol–water partition coefficient (Wildman–Crippen LogP) is 0.0794. The fraction of sp³-hybridized carbons (Fsp3) is 0.591. The van der Waals surface area contributed by atoms with Crippen molar-refractivity contribution < 1.29 is 33.9 Å². The molecule has 0 bridgehead atoms.